The monoisotopic (exact) mass is 313 g/mol. The average molecular weight is 314 g/mol. The van der Waals surface area contributed by atoms with E-state index in [9.17, 15) is 0 Å². The lowest BCUT2D eigenvalue weighted by atomic mass is 10.3. The van der Waals surface area contributed by atoms with E-state index in [1.54, 1.807) is 6.07 Å². The Hall–Kier alpha value is -2.14. The zero-order valence-corrected chi connectivity index (χ0v) is 13.0. The molecule has 1 aromatic carbocycles. The maximum absolute atomic E-state index is 6.09. The van der Waals surface area contributed by atoms with Crippen LogP contribution in [0.5, 0.6) is 0 Å². The maximum atomic E-state index is 6.09. The van der Waals surface area contributed by atoms with Crippen molar-refractivity contribution >= 4 is 28.5 Å². The standard InChI is InChI=1S/C16H16ClN5/c1-22-12-5-3-2-4-11(12)19-15(22)9-18-14-8-13(17)20-16(21-14)10-6-7-10/h2-5,8,10H,6-7,9H2,1H3,(H,18,20,21). The number of nitrogens with one attached hydrogen (secondary N) is 1. The number of hydrogen-bond acceptors (Lipinski definition) is 4. The van der Waals surface area contributed by atoms with E-state index in [-0.39, 0.29) is 0 Å². The summed E-state index contributed by atoms with van der Waals surface area (Å²) in [4.78, 5) is 13.5. The smallest absolute Gasteiger partial charge is 0.135 e. The SMILES string of the molecule is Cn1c(CNc2cc(Cl)nc(C3CC3)n2)nc2ccccc21. The number of hydrogen-bond donors (Lipinski definition) is 1. The molecule has 0 unspecified atom stereocenters. The van der Waals surface area contributed by atoms with Crippen LogP contribution in [0.2, 0.25) is 5.15 Å². The normalized spacial score (nSPS) is 14.5. The Morgan fingerprint density at radius 3 is 2.82 bits per heavy atom. The molecule has 0 saturated heterocycles. The molecule has 3 aromatic rings. The fourth-order valence-electron chi connectivity index (χ4n) is 2.57. The first kappa shape index (κ1) is 13.5. The fraction of sp³-hybridized carbons (Fsp3) is 0.312. The van der Waals surface area contributed by atoms with Gasteiger partial charge < -0.3 is 9.88 Å². The minimum Gasteiger partial charge on any atom is -0.363 e. The second-order valence-corrected chi connectivity index (χ2v) is 6.02. The molecule has 1 N–H and O–H groups in total. The van der Waals surface area contributed by atoms with Gasteiger partial charge in [-0.15, -0.1) is 0 Å². The second kappa shape index (κ2) is 5.25. The molecule has 0 radical (unpaired) electrons. The Morgan fingerprint density at radius 1 is 1.23 bits per heavy atom. The van der Waals surface area contributed by atoms with Crippen LogP contribution in [0, 0.1) is 0 Å². The van der Waals surface area contributed by atoms with Crippen molar-refractivity contribution in [3.63, 3.8) is 0 Å². The molecule has 0 amide bonds. The van der Waals surface area contributed by atoms with Crippen LogP contribution in [0.1, 0.15) is 30.4 Å². The van der Waals surface area contributed by atoms with E-state index in [0.29, 0.717) is 17.6 Å². The van der Waals surface area contributed by atoms with Crippen molar-refractivity contribution in [2.45, 2.75) is 25.3 Å². The molecule has 2 aromatic heterocycles. The third-order valence-electron chi connectivity index (χ3n) is 3.96. The first-order valence-corrected chi connectivity index (χ1v) is 7.77. The quantitative estimate of drug-likeness (QED) is 0.749. The minimum absolute atomic E-state index is 0.481. The molecule has 1 aliphatic rings. The lowest BCUT2D eigenvalue weighted by molar-refractivity contribution is 0.828. The number of para-hydroxylation sites is 2. The summed E-state index contributed by atoms with van der Waals surface area (Å²) in [5.41, 5.74) is 2.12. The molecule has 0 spiro atoms. The summed E-state index contributed by atoms with van der Waals surface area (Å²) in [5.74, 6) is 3.05. The van der Waals surface area contributed by atoms with Crippen molar-refractivity contribution in [3.05, 3.63) is 47.1 Å². The van der Waals surface area contributed by atoms with Crippen molar-refractivity contribution in [1.29, 1.82) is 0 Å². The summed E-state index contributed by atoms with van der Waals surface area (Å²) >= 11 is 6.09. The molecule has 4 rings (SSSR count). The zero-order chi connectivity index (χ0) is 15.1. The number of rotatable bonds is 4. The van der Waals surface area contributed by atoms with Crippen LogP contribution < -0.4 is 5.32 Å². The topological polar surface area (TPSA) is 55.6 Å². The Kier molecular flexibility index (Phi) is 3.22. The average Bonchev–Trinajstić information content (AvgIpc) is 3.31. The van der Waals surface area contributed by atoms with Gasteiger partial charge in [-0.05, 0) is 25.0 Å². The van der Waals surface area contributed by atoms with Crippen LogP contribution in [0.4, 0.5) is 5.82 Å². The molecular weight excluding hydrogens is 298 g/mol. The second-order valence-electron chi connectivity index (χ2n) is 5.64. The summed E-state index contributed by atoms with van der Waals surface area (Å²) < 4.78 is 2.09. The number of anilines is 1. The first-order chi connectivity index (χ1) is 10.7. The molecule has 5 nitrogen and oxygen atoms in total. The number of aromatic nitrogens is 4. The number of halogens is 1. The highest BCUT2D eigenvalue weighted by molar-refractivity contribution is 6.29. The number of benzene rings is 1. The van der Waals surface area contributed by atoms with Crippen molar-refractivity contribution in [2.24, 2.45) is 7.05 Å². The zero-order valence-electron chi connectivity index (χ0n) is 12.3. The minimum atomic E-state index is 0.481. The van der Waals surface area contributed by atoms with E-state index >= 15 is 0 Å². The number of nitrogens with zero attached hydrogens (tertiary/aromatic N) is 4. The van der Waals surface area contributed by atoms with Gasteiger partial charge in [0.1, 0.15) is 22.6 Å². The summed E-state index contributed by atoms with van der Waals surface area (Å²) in [6.45, 7) is 0.600. The molecule has 2 heterocycles. The summed E-state index contributed by atoms with van der Waals surface area (Å²) in [5, 5.41) is 3.80. The van der Waals surface area contributed by atoms with E-state index in [1.165, 1.54) is 0 Å². The highest BCUT2D eigenvalue weighted by Crippen LogP contribution is 2.38. The number of imidazole rings is 1. The van der Waals surface area contributed by atoms with Gasteiger partial charge in [-0.25, -0.2) is 15.0 Å². The molecule has 112 valence electrons. The fourth-order valence-corrected chi connectivity index (χ4v) is 2.76. The molecule has 0 aliphatic heterocycles. The molecule has 1 saturated carbocycles. The molecule has 22 heavy (non-hydrogen) atoms. The van der Waals surface area contributed by atoms with E-state index < -0.39 is 0 Å². The van der Waals surface area contributed by atoms with Crippen LogP contribution in [0.15, 0.2) is 30.3 Å². The lowest BCUT2D eigenvalue weighted by Crippen LogP contribution is -2.08. The van der Waals surface area contributed by atoms with Gasteiger partial charge in [-0.3, -0.25) is 0 Å². The van der Waals surface area contributed by atoms with Gasteiger partial charge in [-0.1, -0.05) is 23.7 Å². The van der Waals surface area contributed by atoms with E-state index in [4.69, 9.17) is 11.6 Å². The van der Waals surface area contributed by atoms with Gasteiger partial charge in [0.05, 0.1) is 17.6 Å². The maximum Gasteiger partial charge on any atom is 0.135 e. The van der Waals surface area contributed by atoms with Gasteiger partial charge in [0.15, 0.2) is 0 Å². The van der Waals surface area contributed by atoms with Gasteiger partial charge in [0, 0.05) is 19.0 Å². The van der Waals surface area contributed by atoms with Gasteiger partial charge >= 0.3 is 0 Å². The first-order valence-electron chi connectivity index (χ1n) is 7.39. The Balaban J connectivity index is 1.57. The van der Waals surface area contributed by atoms with Crippen LogP contribution >= 0.6 is 11.6 Å². The van der Waals surface area contributed by atoms with Crippen molar-refractivity contribution < 1.29 is 0 Å². The highest BCUT2D eigenvalue weighted by atomic mass is 35.5. The third kappa shape index (κ3) is 2.52. The Morgan fingerprint density at radius 2 is 2.05 bits per heavy atom. The predicted molar refractivity (Wildman–Crippen MR) is 87.1 cm³/mol. The predicted octanol–water partition coefficient (Wildman–Crippen LogP) is 3.51. The van der Waals surface area contributed by atoms with Crippen LogP contribution in [0.3, 0.4) is 0 Å². The van der Waals surface area contributed by atoms with E-state index in [0.717, 1.165) is 41.3 Å². The molecule has 1 aliphatic carbocycles. The Labute approximate surface area is 133 Å². The molecule has 0 bridgehead atoms. The molecular formula is C16H16ClN5. The Bertz CT molecular complexity index is 838. The molecule has 6 heteroatoms. The van der Waals surface area contributed by atoms with Gasteiger partial charge in [-0.2, -0.15) is 0 Å². The van der Waals surface area contributed by atoms with Gasteiger partial charge in [0.25, 0.3) is 0 Å². The van der Waals surface area contributed by atoms with Gasteiger partial charge in [0.2, 0.25) is 0 Å². The number of fused-ring (bicyclic) bond motifs is 1. The number of aryl methyl sites for hydroxylation is 1. The van der Waals surface area contributed by atoms with Crippen molar-refractivity contribution in [2.75, 3.05) is 5.32 Å². The van der Waals surface area contributed by atoms with Crippen LogP contribution in [-0.4, -0.2) is 19.5 Å². The van der Waals surface area contributed by atoms with Crippen LogP contribution in [-0.2, 0) is 13.6 Å². The van der Waals surface area contributed by atoms with Crippen molar-refractivity contribution in [1.82, 2.24) is 19.5 Å². The van der Waals surface area contributed by atoms with E-state index in [2.05, 4.69) is 30.9 Å². The van der Waals surface area contributed by atoms with Crippen molar-refractivity contribution in [3.8, 4) is 0 Å². The summed E-state index contributed by atoms with van der Waals surface area (Å²) in [6, 6.07) is 9.87. The van der Waals surface area contributed by atoms with Crippen LogP contribution in [0.25, 0.3) is 11.0 Å². The highest BCUT2D eigenvalue weighted by Gasteiger charge is 2.27. The molecule has 0 atom stereocenters. The third-order valence-corrected chi connectivity index (χ3v) is 4.16. The largest absolute Gasteiger partial charge is 0.363 e. The summed E-state index contributed by atoms with van der Waals surface area (Å²) in [6.07, 6.45) is 2.31. The lowest BCUT2D eigenvalue weighted by Gasteiger charge is -2.08. The summed E-state index contributed by atoms with van der Waals surface area (Å²) in [7, 11) is 2.02. The molecule has 1 fully saturated rings. The van der Waals surface area contributed by atoms with E-state index in [1.807, 2.05) is 25.2 Å².